The van der Waals surface area contributed by atoms with E-state index in [-0.39, 0.29) is 4.90 Å². The van der Waals surface area contributed by atoms with Crippen molar-refractivity contribution in [2.75, 3.05) is 24.2 Å². The molecule has 0 saturated heterocycles. The molecule has 0 bridgehead atoms. The molecule has 0 radical (unpaired) electrons. The number of sulfonamides is 1. The maximum absolute atomic E-state index is 11.7. The molecule has 8 nitrogen and oxygen atoms in total. The number of rotatable bonds is 6. The minimum absolute atomic E-state index is 0.166. The first-order chi connectivity index (χ1) is 11.0. The summed E-state index contributed by atoms with van der Waals surface area (Å²) in [6, 6.07) is 8.18. The number of aromatic nitrogens is 2. The second-order valence-electron chi connectivity index (χ2n) is 4.45. The molecule has 3 N–H and O–H groups in total. The molecule has 2 rings (SSSR count). The first kappa shape index (κ1) is 16.7. The number of benzene rings is 1. The number of nitrogens with zero attached hydrogens (tertiary/aromatic N) is 3. The van der Waals surface area contributed by atoms with E-state index in [1.54, 1.807) is 12.1 Å². The number of hydrogen-bond donors (Lipinski definition) is 3. The third-order valence-corrected chi connectivity index (χ3v) is 4.37. The summed E-state index contributed by atoms with van der Waals surface area (Å²) in [7, 11) is -2.11. The molecule has 23 heavy (non-hydrogen) atoms. The second kappa shape index (κ2) is 7.04. The van der Waals surface area contributed by atoms with Gasteiger partial charge >= 0.3 is 0 Å². The first-order valence-corrected chi connectivity index (χ1v) is 8.30. The first-order valence-electron chi connectivity index (χ1n) is 6.81. The Balaban J connectivity index is 2.23. The highest BCUT2D eigenvalue weighted by Crippen LogP contribution is 2.19. The average molecular weight is 332 g/mol. The summed E-state index contributed by atoms with van der Waals surface area (Å²) in [4.78, 5) is 8.46. The highest BCUT2D eigenvalue weighted by molar-refractivity contribution is 7.89. The lowest BCUT2D eigenvalue weighted by Gasteiger charge is -2.09. The van der Waals surface area contributed by atoms with Gasteiger partial charge in [-0.2, -0.15) is 10.2 Å². The van der Waals surface area contributed by atoms with Crippen molar-refractivity contribution in [1.82, 2.24) is 14.7 Å². The summed E-state index contributed by atoms with van der Waals surface area (Å²) >= 11 is 0. The molecule has 0 spiro atoms. The quantitative estimate of drug-likeness (QED) is 0.732. The van der Waals surface area contributed by atoms with Gasteiger partial charge in [0.25, 0.3) is 0 Å². The Morgan fingerprint density at radius 2 is 1.96 bits per heavy atom. The molecule has 0 aliphatic carbocycles. The van der Waals surface area contributed by atoms with Gasteiger partial charge in [-0.1, -0.05) is 0 Å². The van der Waals surface area contributed by atoms with E-state index in [0.717, 1.165) is 0 Å². The Morgan fingerprint density at radius 1 is 1.26 bits per heavy atom. The van der Waals surface area contributed by atoms with E-state index in [9.17, 15) is 8.42 Å². The summed E-state index contributed by atoms with van der Waals surface area (Å²) in [5.41, 5.74) is 0.986. The van der Waals surface area contributed by atoms with Crippen LogP contribution in [0.15, 0.2) is 35.4 Å². The van der Waals surface area contributed by atoms with Gasteiger partial charge in [0.15, 0.2) is 0 Å². The van der Waals surface area contributed by atoms with Gasteiger partial charge in [-0.25, -0.2) is 18.1 Å². The monoisotopic (exact) mass is 332 g/mol. The van der Waals surface area contributed by atoms with Crippen LogP contribution in [-0.4, -0.2) is 32.0 Å². The van der Waals surface area contributed by atoms with Crippen LogP contribution in [0, 0.1) is 11.3 Å². The third kappa shape index (κ3) is 3.94. The van der Waals surface area contributed by atoms with E-state index in [1.807, 2.05) is 13.0 Å². The van der Waals surface area contributed by atoms with Crippen molar-refractivity contribution < 1.29 is 8.42 Å². The van der Waals surface area contributed by atoms with E-state index in [2.05, 4.69) is 25.3 Å². The fourth-order valence-corrected chi connectivity index (χ4v) is 2.52. The van der Waals surface area contributed by atoms with Gasteiger partial charge in [-0.3, -0.25) is 0 Å². The van der Waals surface area contributed by atoms with Crippen LogP contribution in [0.25, 0.3) is 0 Å². The highest BCUT2D eigenvalue weighted by atomic mass is 32.2. The minimum Gasteiger partial charge on any atom is -0.369 e. The number of hydrogen-bond acceptors (Lipinski definition) is 7. The standard InChI is InChI=1S/C14H16N6O2S/c1-3-17-13-10(8-15)9-18-14(20-13)19-11-4-6-12(7-5-11)23(21,22)16-2/h4-7,9,16H,3H2,1-2H3,(H2,17,18,19,20). The van der Waals surface area contributed by atoms with E-state index in [4.69, 9.17) is 5.26 Å². The van der Waals surface area contributed by atoms with Crippen LogP contribution in [-0.2, 0) is 10.0 Å². The number of nitrogens with one attached hydrogen (secondary N) is 3. The molecule has 0 atom stereocenters. The van der Waals surface area contributed by atoms with Crippen molar-refractivity contribution in [1.29, 1.82) is 5.26 Å². The Kier molecular flexibility index (Phi) is 5.10. The van der Waals surface area contributed by atoms with Crippen LogP contribution in [0.4, 0.5) is 17.5 Å². The van der Waals surface area contributed by atoms with E-state index in [0.29, 0.717) is 29.6 Å². The van der Waals surface area contributed by atoms with Crippen molar-refractivity contribution in [2.24, 2.45) is 0 Å². The Labute approximate surface area is 134 Å². The molecule has 1 aromatic heterocycles. The van der Waals surface area contributed by atoms with Crippen LogP contribution in [0.1, 0.15) is 12.5 Å². The molecule has 9 heteroatoms. The Bertz CT molecular complexity index is 827. The SMILES string of the molecule is CCNc1nc(Nc2ccc(S(=O)(=O)NC)cc2)ncc1C#N. The van der Waals surface area contributed by atoms with Crippen LogP contribution in [0.5, 0.6) is 0 Å². The average Bonchev–Trinajstić information content (AvgIpc) is 2.56. The zero-order valence-corrected chi connectivity index (χ0v) is 13.5. The van der Waals surface area contributed by atoms with E-state index >= 15 is 0 Å². The summed E-state index contributed by atoms with van der Waals surface area (Å²) in [6.45, 7) is 2.53. The van der Waals surface area contributed by atoms with Crippen LogP contribution >= 0.6 is 0 Å². The maximum atomic E-state index is 11.7. The molecular weight excluding hydrogens is 316 g/mol. The molecule has 0 saturated carbocycles. The van der Waals surface area contributed by atoms with Crippen molar-refractivity contribution in [3.05, 3.63) is 36.0 Å². The second-order valence-corrected chi connectivity index (χ2v) is 6.34. The minimum atomic E-state index is -3.47. The third-order valence-electron chi connectivity index (χ3n) is 2.94. The van der Waals surface area contributed by atoms with Gasteiger partial charge in [-0.05, 0) is 38.2 Å². The fourth-order valence-electron chi connectivity index (χ4n) is 1.79. The van der Waals surface area contributed by atoms with Crippen molar-refractivity contribution in [3.63, 3.8) is 0 Å². The lowest BCUT2D eigenvalue weighted by Crippen LogP contribution is -2.18. The molecule has 1 heterocycles. The van der Waals surface area contributed by atoms with Gasteiger partial charge in [0.1, 0.15) is 17.5 Å². The van der Waals surface area contributed by atoms with Gasteiger partial charge in [0.2, 0.25) is 16.0 Å². The zero-order valence-electron chi connectivity index (χ0n) is 12.7. The van der Waals surface area contributed by atoms with Crippen molar-refractivity contribution in [3.8, 4) is 6.07 Å². The summed E-state index contributed by atoms with van der Waals surface area (Å²) < 4.78 is 25.6. The predicted octanol–water partition coefficient (Wildman–Crippen LogP) is 1.43. The topological polar surface area (TPSA) is 120 Å². The summed E-state index contributed by atoms with van der Waals surface area (Å²) in [5, 5.41) is 15.0. The highest BCUT2D eigenvalue weighted by Gasteiger charge is 2.11. The van der Waals surface area contributed by atoms with Crippen molar-refractivity contribution >= 4 is 27.5 Å². The molecule has 0 amide bonds. The fraction of sp³-hybridized carbons (Fsp3) is 0.214. The Hall–Kier alpha value is -2.70. The van der Waals surface area contributed by atoms with Crippen molar-refractivity contribution in [2.45, 2.75) is 11.8 Å². The predicted molar refractivity (Wildman–Crippen MR) is 86.9 cm³/mol. The van der Waals surface area contributed by atoms with Gasteiger partial charge in [-0.15, -0.1) is 0 Å². The van der Waals surface area contributed by atoms with E-state index < -0.39 is 10.0 Å². The van der Waals surface area contributed by atoms with Crippen LogP contribution < -0.4 is 15.4 Å². The lowest BCUT2D eigenvalue weighted by atomic mass is 10.3. The summed E-state index contributed by atoms with van der Waals surface area (Å²) in [5.74, 6) is 0.756. The molecule has 0 aliphatic rings. The maximum Gasteiger partial charge on any atom is 0.240 e. The molecule has 0 aliphatic heterocycles. The van der Waals surface area contributed by atoms with E-state index in [1.165, 1.54) is 25.4 Å². The normalized spacial score (nSPS) is 10.8. The number of anilines is 3. The van der Waals surface area contributed by atoms with Gasteiger partial charge in [0, 0.05) is 12.2 Å². The summed E-state index contributed by atoms with van der Waals surface area (Å²) in [6.07, 6.45) is 1.42. The Morgan fingerprint density at radius 3 is 2.52 bits per heavy atom. The molecule has 0 unspecified atom stereocenters. The largest absolute Gasteiger partial charge is 0.369 e. The van der Waals surface area contributed by atoms with Crippen LogP contribution in [0.3, 0.4) is 0 Å². The molecule has 2 aromatic rings. The molecule has 120 valence electrons. The van der Waals surface area contributed by atoms with Crippen LogP contribution in [0.2, 0.25) is 0 Å². The smallest absolute Gasteiger partial charge is 0.240 e. The lowest BCUT2D eigenvalue weighted by molar-refractivity contribution is 0.588. The van der Waals surface area contributed by atoms with Gasteiger partial charge in [0.05, 0.1) is 11.1 Å². The van der Waals surface area contributed by atoms with Gasteiger partial charge < -0.3 is 10.6 Å². The molecule has 1 aromatic carbocycles. The number of nitriles is 1. The molecule has 0 fully saturated rings. The zero-order chi connectivity index (χ0) is 16.9. The molecular formula is C14H16N6O2S.